The van der Waals surface area contributed by atoms with Crippen LogP contribution in [0, 0.1) is 0 Å². The number of amides is 1. The fraction of sp³-hybridized carbons (Fsp3) is 0.900. The highest BCUT2D eigenvalue weighted by Crippen LogP contribution is 2.11. The van der Waals surface area contributed by atoms with Gasteiger partial charge in [0.05, 0.1) is 19.8 Å². The molecule has 0 aromatic rings. The molecule has 3 fully saturated rings. The van der Waals surface area contributed by atoms with Crippen LogP contribution in [0.2, 0.25) is 0 Å². The first kappa shape index (κ1) is 24.6. The molecule has 2 unspecified atom stereocenters. The van der Waals surface area contributed by atoms with Gasteiger partial charge in [0, 0.05) is 71.5 Å². The SMILES string of the molecule is CN=C(NCC(C)N1CCOCC1C)N1CCN(CC(=O)N2CCCC2)CC1.I. The Balaban J connectivity index is 0.00000300. The maximum absolute atomic E-state index is 12.4. The van der Waals surface area contributed by atoms with Crippen LogP contribution in [0.1, 0.15) is 26.7 Å². The molecule has 3 aliphatic rings. The van der Waals surface area contributed by atoms with Crippen molar-refractivity contribution in [2.75, 3.05) is 79.2 Å². The Bertz CT molecular complexity index is 535. The molecule has 168 valence electrons. The van der Waals surface area contributed by atoms with E-state index in [1.807, 2.05) is 11.9 Å². The molecule has 1 amide bonds. The molecule has 0 radical (unpaired) electrons. The summed E-state index contributed by atoms with van der Waals surface area (Å²) in [5.41, 5.74) is 0. The molecule has 0 aliphatic carbocycles. The molecule has 3 heterocycles. The van der Waals surface area contributed by atoms with Crippen LogP contribution < -0.4 is 5.32 Å². The van der Waals surface area contributed by atoms with Crippen LogP contribution in [-0.4, -0.2) is 123 Å². The summed E-state index contributed by atoms with van der Waals surface area (Å²) in [6.07, 6.45) is 2.31. The number of likely N-dealkylation sites (tertiary alicyclic amines) is 1. The number of ether oxygens (including phenoxy) is 1. The molecule has 0 saturated carbocycles. The predicted octanol–water partition coefficient (Wildman–Crippen LogP) is 0.529. The van der Waals surface area contributed by atoms with E-state index in [4.69, 9.17) is 4.74 Å². The van der Waals surface area contributed by atoms with Crippen molar-refractivity contribution >= 4 is 35.8 Å². The van der Waals surface area contributed by atoms with Crippen LogP contribution in [-0.2, 0) is 9.53 Å². The van der Waals surface area contributed by atoms with E-state index in [0.717, 1.165) is 84.4 Å². The molecule has 0 spiro atoms. The molecule has 1 N–H and O–H groups in total. The van der Waals surface area contributed by atoms with Gasteiger partial charge in [-0.2, -0.15) is 0 Å². The summed E-state index contributed by atoms with van der Waals surface area (Å²) in [5.74, 6) is 1.26. The molecular weight excluding hydrogens is 483 g/mol. The highest BCUT2D eigenvalue weighted by atomic mass is 127. The normalized spacial score (nSPS) is 25.6. The molecule has 8 nitrogen and oxygen atoms in total. The third kappa shape index (κ3) is 6.93. The Hall–Kier alpha value is -0.650. The van der Waals surface area contributed by atoms with Gasteiger partial charge in [-0.3, -0.25) is 19.6 Å². The van der Waals surface area contributed by atoms with Crippen molar-refractivity contribution in [1.29, 1.82) is 0 Å². The van der Waals surface area contributed by atoms with Crippen molar-refractivity contribution < 1.29 is 9.53 Å². The quantitative estimate of drug-likeness (QED) is 0.323. The molecule has 0 bridgehead atoms. The van der Waals surface area contributed by atoms with Crippen molar-refractivity contribution in [2.24, 2.45) is 4.99 Å². The second-order valence-electron chi connectivity index (χ2n) is 8.29. The number of morpholine rings is 1. The van der Waals surface area contributed by atoms with Gasteiger partial charge in [0.2, 0.25) is 5.91 Å². The number of piperazine rings is 1. The predicted molar refractivity (Wildman–Crippen MR) is 127 cm³/mol. The Morgan fingerprint density at radius 1 is 1.10 bits per heavy atom. The van der Waals surface area contributed by atoms with Crippen LogP contribution in [0.15, 0.2) is 4.99 Å². The first-order chi connectivity index (χ1) is 13.6. The summed E-state index contributed by atoms with van der Waals surface area (Å²) in [7, 11) is 1.85. The topological polar surface area (TPSA) is 63.7 Å². The number of hydrogen-bond acceptors (Lipinski definition) is 5. The summed E-state index contributed by atoms with van der Waals surface area (Å²) in [5, 5.41) is 3.56. The third-order valence-electron chi connectivity index (χ3n) is 6.24. The molecule has 3 aliphatic heterocycles. The Morgan fingerprint density at radius 3 is 2.41 bits per heavy atom. The molecule has 2 atom stereocenters. The lowest BCUT2D eigenvalue weighted by Crippen LogP contribution is -2.56. The smallest absolute Gasteiger partial charge is 0.236 e. The number of nitrogens with one attached hydrogen (secondary N) is 1. The third-order valence-corrected chi connectivity index (χ3v) is 6.24. The monoisotopic (exact) mass is 522 g/mol. The number of hydrogen-bond donors (Lipinski definition) is 1. The average Bonchev–Trinajstić information content (AvgIpc) is 3.25. The van der Waals surface area contributed by atoms with Gasteiger partial charge in [-0.25, -0.2) is 0 Å². The van der Waals surface area contributed by atoms with E-state index in [1.165, 1.54) is 0 Å². The molecular formula is C20H39IN6O2. The maximum Gasteiger partial charge on any atom is 0.236 e. The lowest BCUT2D eigenvalue weighted by Gasteiger charge is -2.39. The largest absolute Gasteiger partial charge is 0.379 e. The molecule has 0 aromatic heterocycles. The zero-order valence-corrected chi connectivity index (χ0v) is 20.6. The summed E-state index contributed by atoms with van der Waals surface area (Å²) < 4.78 is 5.55. The Morgan fingerprint density at radius 2 is 1.79 bits per heavy atom. The van der Waals surface area contributed by atoms with Gasteiger partial charge < -0.3 is 19.9 Å². The lowest BCUT2D eigenvalue weighted by molar-refractivity contribution is -0.131. The van der Waals surface area contributed by atoms with Gasteiger partial charge in [-0.15, -0.1) is 24.0 Å². The van der Waals surface area contributed by atoms with E-state index in [1.54, 1.807) is 0 Å². The minimum Gasteiger partial charge on any atom is -0.379 e. The Labute approximate surface area is 193 Å². The second-order valence-corrected chi connectivity index (χ2v) is 8.29. The van der Waals surface area contributed by atoms with Crippen molar-refractivity contribution in [3.8, 4) is 0 Å². The van der Waals surface area contributed by atoms with Crippen LogP contribution in [0.5, 0.6) is 0 Å². The number of halogens is 1. The van der Waals surface area contributed by atoms with Crippen molar-refractivity contribution in [1.82, 2.24) is 24.9 Å². The number of rotatable bonds is 5. The minimum atomic E-state index is 0. The van der Waals surface area contributed by atoms with Gasteiger partial charge in [-0.1, -0.05) is 0 Å². The van der Waals surface area contributed by atoms with Gasteiger partial charge in [0.25, 0.3) is 0 Å². The van der Waals surface area contributed by atoms with Crippen molar-refractivity contribution in [3.05, 3.63) is 0 Å². The summed E-state index contributed by atoms with van der Waals surface area (Å²) >= 11 is 0. The highest BCUT2D eigenvalue weighted by Gasteiger charge is 2.26. The number of nitrogens with zero attached hydrogens (tertiary/aromatic N) is 5. The molecule has 29 heavy (non-hydrogen) atoms. The standard InChI is InChI=1S/C20H38N6O2.HI/c1-17(26-12-13-28-16-18(26)2)14-22-20(21-3)25-10-8-23(9-11-25)15-19(27)24-6-4-5-7-24;/h17-18H,4-16H2,1-3H3,(H,21,22);1H. The van der Waals surface area contributed by atoms with Crippen LogP contribution >= 0.6 is 24.0 Å². The number of guanidine groups is 1. The lowest BCUT2D eigenvalue weighted by atomic mass is 10.2. The zero-order chi connectivity index (χ0) is 19.9. The number of carbonyl (C=O) groups excluding carboxylic acids is 1. The minimum absolute atomic E-state index is 0. The molecule has 9 heteroatoms. The van der Waals surface area contributed by atoms with Crippen LogP contribution in [0.25, 0.3) is 0 Å². The zero-order valence-electron chi connectivity index (χ0n) is 18.3. The highest BCUT2D eigenvalue weighted by molar-refractivity contribution is 14.0. The molecule has 3 saturated heterocycles. The fourth-order valence-electron chi connectivity index (χ4n) is 4.46. The maximum atomic E-state index is 12.4. The summed E-state index contributed by atoms with van der Waals surface area (Å²) in [4.78, 5) is 26.0. The first-order valence-corrected chi connectivity index (χ1v) is 10.9. The van der Waals surface area contributed by atoms with E-state index in [-0.39, 0.29) is 24.0 Å². The van der Waals surface area contributed by atoms with E-state index in [9.17, 15) is 4.79 Å². The van der Waals surface area contributed by atoms with E-state index < -0.39 is 0 Å². The van der Waals surface area contributed by atoms with Gasteiger partial charge >= 0.3 is 0 Å². The fourth-order valence-corrected chi connectivity index (χ4v) is 4.46. The van der Waals surface area contributed by atoms with E-state index in [2.05, 4.69) is 38.9 Å². The summed E-state index contributed by atoms with van der Waals surface area (Å²) in [6.45, 7) is 14.1. The molecule has 0 aromatic carbocycles. The van der Waals surface area contributed by atoms with Gasteiger partial charge in [0.15, 0.2) is 5.96 Å². The second kappa shape index (κ2) is 12.3. The van der Waals surface area contributed by atoms with Crippen LogP contribution in [0.4, 0.5) is 0 Å². The summed E-state index contributed by atoms with van der Waals surface area (Å²) in [6, 6.07) is 0.902. The average molecular weight is 522 g/mol. The first-order valence-electron chi connectivity index (χ1n) is 10.9. The van der Waals surface area contributed by atoms with Gasteiger partial charge in [-0.05, 0) is 26.7 Å². The number of carbonyl (C=O) groups is 1. The van der Waals surface area contributed by atoms with E-state index >= 15 is 0 Å². The van der Waals surface area contributed by atoms with Gasteiger partial charge in [0.1, 0.15) is 0 Å². The number of aliphatic imine (C=N–C) groups is 1. The molecule has 3 rings (SSSR count). The van der Waals surface area contributed by atoms with Crippen molar-refractivity contribution in [3.63, 3.8) is 0 Å². The van der Waals surface area contributed by atoms with E-state index in [0.29, 0.717) is 24.5 Å². The van der Waals surface area contributed by atoms with Crippen LogP contribution in [0.3, 0.4) is 0 Å². The van der Waals surface area contributed by atoms with Crippen molar-refractivity contribution in [2.45, 2.75) is 38.8 Å². The Kier molecular flexibility index (Phi) is 10.4.